The van der Waals surface area contributed by atoms with Gasteiger partial charge in [0, 0.05) is 12.1 Å². The number of benzene rings is 2. The highest BCUT2D eigenvalue weighted by Crippen LogP contribution is 2.27. The zero-order chi connectivity index (χ0) is 14.7. The standard InChI is InChI=1S/C17H15BrN2O/c18-16-15(12-21)20(11-13-7-3-1-4-8-13)17(19-16)14-9-5-2-6-10-14/h1-10,21H,11-12H2. The molecule has 2 aromatic carbocycles. The largest absolute Gasteiger partial charge is 0.390 e. The molecular weight excluding hydrogens is 328 g/mol. The average molecular weight is 343 g/mol. The van der Waals surface area contributed by atoms with Gasteiger partial charge in [0.1, 0.15) is 10.4 Å². The van der Waals surface area contributed by atoms with Crippen molar-refractivity contribution in [3.05, 3.63) is 76.5 Å². The van der Waals surface area contributed by atoms with E-state index in [2.05, 4.69) is 37.6 Å². The number of rotatable bonds is 4. The Labute approximate surface area is 132 Å². The van der Waals surface area contributed by atoms with Crippen molar-refractivity contribution in [2.24, 2.45) is 0 Å². The van der Waals surface area contributed by atoms with Crippen LogP contribution in [0.4, 0.5) is 0 Å². The average Bonchev–Trinajstić information content (AvgIpc) is 2.85. The summed E-state index contributed by atoms with van der Waals surface area (Å²) >= 11 is 3.45. The molecule has 3 aromatic rings. The lowest BCUT2D eigenvalue weighted by Crippen LogP contribution is -2.06. The summed E-state index contributed by atoms with van der Waals surface area (Å²) in [6.07, 6.45) is 0. The predicted molar refractivity (Wildman–Crippen MR) is 86.8 cm³/mol. The molecule has 0 aliphatic heterocycles. The Morgan fingerprint density at radius 1 is 0.952 bits per heavy atom. The molecule has 0 bridgehead atoms. The summed E-state index contributed by atoms with van der Waals surface area (Å²) in [4.78, 5) is 4.57. The number of aliphatic hydroxyl groups excluding tert-OH is 1. The minimum atomic E-state index is -0.0484. The molecule has 0 aliphatic rings. The van der Waals surface area contributed by atoms with Crippen LogP contribution in [-0.2, 0) is 13.2 Å². The smallest absolute Gasteiger partial charge is 0.141 e. The van der Waals surface area contributed by atoms with E-state index in [0.717, 1.165) is 17.1 Å². The first-order valence-corrected chi connectivity index (χ1v) is 7.54. The summed E-state index contributed by atoms with van der Waals surface area (Å²) in [5.74, 6) is 0.857. The number of imidazole rings is 1. The second-order valence-corrected chi connectivity index (χ2v) is 5.52. The first-order chi connectivity index (χ1) is 10.3. The van der Waals surface area contributed by atoms with Crippen molar-refractivity contribution < 1.29 is 5.11 Å². The summed E-state index contributed by atoms with van der Waals surface area (Å²) in [5, 5.41) is 9.65. The Morgan fingerprint density at radius 3 is 2.19 bits per heavy atom. The van der Waals surface area contributed by atoms with E-state index >= 15 is 0 Å². The molecule has 3 nitrogen and oxygen atoms in total. The molecule has 4 heteroatoms. The predicted octanol–water partition coefficient (Wildman–Crippen LogP) is 3.85. The molecule has 0 aliphatic carbocycles. The normalized spacial score (nSPS) is 10.8. The monoisotopic (exact) mass is 342 g/mol. The van der Waals surface area contributed by atoms with Gasteiger partial charge < -0.3 is 9.67 Å². The van der Waals surface area contributed by atoms with Gasteiger partial charge in [-0.25, -0.2) is 4.98 Å². The van der Waals surface area contributed by atoms with Crippen LogP contribution in [0.5, 0.6) is 0 Å². The van der Waals surface area contributed by atoms with Gasteiger partial charge in [0.2, 0.25) is 0 Å². The van der Waals surface area contributed by atoms with Crippen LogP contribution in [0, 0.1) is 0 Å². The molecule has 1 heterocycles. The Morgan fingerprint density at radius 2 is 1.57 bits per heavy atom. The van der Waals surface area contributed by atoms with E-state index in [1.807, 2.05) is 48.5 Å². The van der Waals surface area contributed by atoms with Crippen LogP contribution in [0.15, 0.2) is 65.3 Å². The van der Waals surface area contributed by atoms with Gasteiger partial charge in [-0.1, -0.05) is 60.7 Å². The summed E-state index contributed by atoms with van der Waals surface area (Å²) in [6.45, 7) is 0.632. The molecule has 0 radical (unpaired) electrons. The second-order valence-electron chi connectivity index (χ2n) is 4.77. The highest BCUT2D eigenvalue weighted by Gasteiger charge is 2.16. The number of hydrogen-bond acceptors (Lipinski definition) is 2. The maximum Gasteiger partial charge on any atom is 0.141 e. The van der Waals surface area contributed by atoms with Crippen LogP contribution in [0.1, 0.15) is 11.3 Å². The minimum absolute atomic E-state index is 0.0484. The fourth-order valence-corrected chi connectivity index (χ4v) is 2.86. The van der Waals surface area contributed by atoms with Crippen LogP contribution in [0.3, 0.4) is 0 Å². The number of nitrogens with zero attached hydrogens (tertiary/aromatic N) is 2. The van der Waals surface area contributed by atoms with Gasteiger partial charge in [-0.15, -0.1) is 0 Å². The fourth-order valence-electron chi connectivity index (χ4n) is 2.35. The molecule has 0 saturated heterocycles. The number of hydrogen-bond donors (Lipinski definition) is 1. The van der Waals surface area contributed by atoms with Gasteiger partial charge in [-0.3, -0.25) is 0 Å². The molecule has 21 heavy (non-hydrogen) atoms. The molecule has 0 atom stereocenters. The molecule has 0 amide bonds. The summed E-state index contributed by atoms with van der Waals surface area (Å²) < 4.78 is 2.74. The van der Waals surface area contributed by atoms with Gasteiger partial charge in [-0.2, -0.15) is 0 Å². The van der Waals surface area contributed by atoms with Crippen LogP contribution >= 0.6 is 15.9 Å². The molecule has 106 valence electrons. The third kappa shape index (κ3) is 2.91. The topological polar surface area (TPSA) is 38.1 Å². The van der Waals surface area contributed by atoms with Crippen LogP contribution in [-0.4, -0.2) is 14.7 Å². The molecule has 1 aromatic heterocycles. The van der Waals surface area contributed by atoms with Crippen LogP contribution < -0.4 is 0 Å². The molecule has 1 N–H and O–H groups in total. The molecule has 0 saturated carbocycles. The molecular formula is C17H15BrN2O. The fraction of sp³-hybridized carbons (Fsp3) is 0.118. The van der Waals surface area contributed by atoms with Crippen LogP contribution in [0.25, 0.3) is 11.4 Å². The lowest BCUT2D eigenvalue weighted by Gasteiger charge is -2.11. The summed E-state index contributed by atoms with van der Waals surface area (Å²) in [6, 6.07) is 20.2. The second kappa shape index (κ2) is 6.24. The third-order valence-electron chi connectivity index (χ3n) is 3.39. The van der Waals surface area contributed by atoms with Crippen molar-refractivity contribution in [1.29, 1.82) is 0 Å². The summed E-state index contributed by atoms with van der Waals surface area (Å²) in [7, 11) is 0. The lowest BCUT2D eigenvalue weighted by molar-refractivity contribution is 0.271. The SMILES string of the molecule is OCc1c(Br)nc(-c2ccccc2)n1Cc1ccccc1. The first-order valence-electron chi connectivity index (χ1n) is 6.74. The van der Waals surface area contributed by atoms with E-state index in [9.17, 15) is 5.11 Å². The Bertz CT molecular complexity index is 723. The molecule has 0 unspecified atom stereocenters. The summed E-state index contributed by atoms with van der Waals surface area (Å²) in [5.41, 5.74) is 3.00. The van der Waals surface area contributed by atoms with E-state index in [0.29, 0.717) is 11.1 Å². The quantitative estimate of drug-likeness (QED) is 0.781. The highest BCUT2D eigenvalue weighted by atomic mass is 79.9. The van der Waals surface area contributed by atoms with Gasteiger partial charge in [-0.05, 0) is 21.5 Å². The Balaban J connectivity index is 2.09. The van der Waals surface area contributed by atoms with Crippen molar-refractivity contribution in [3.8, 4) is 11.4 Å². The Kier molecular flexibility index (Phi) is 4.18. The number of halogens is 1. The van der Waals surface area contributed by atoms with Crippen molar-refractivity contribution in [2.45, 2.75) is 13.2 Å². The van der Waals surface area contributed by atoms with Crippen molar-refractivity contribution in [2.75, 3.05) is 0 Å². The van der Waals surface area contributed by atoms with Crippen LogP contribution in [0.2, 0.25) is 0 Å². The van der Waals surface area contributed by atoms with E-state index in [1.54, 1.807) is 0 Å². The lowest BCUT2D eigenvalue weighted by atomic mass is 10.2. The van der Waals surface area contributed by atoms with Gasteiger partial charge in [0.15, 0.2) is 0 Å². The maximum atomic E-state index is 9.65. The van der Waals surface area contributed by atoms with E-state index < -0.39 is 0 Å². The van der Waals surface area contributed by atoms with Crippen molar-refractivity contribution in [3.63, 3.8) is 0 Å². The van der Waals surface area contributed by atoms with E-state index in [1.165, 1.54) is 5.56 Å². The molecule has 3 rings (SSSR count). The third-order valence-corrected chi connectivity index (χ3v) is 4.02. The molecule has 0 spiro atoms. The molecule has 0 fully saturated rings. The van der Waals surface area contributed by atoms with Gasteiger partial charge in [0.05, 0.1) is 12.3 Å². The van der Waals surface area contributed by atoms with Crippen molar-refractivity contribution >= 4 is 15.9 Å². The highest BCUT2D eigenvalue weighted by molar-refractivity contribution is 9.10. The zero-order valence-electron chi connectivity index (χ0n) is 11.4. The van der Waals surface area contributed by atoms with Crippen molar-refractivity contribution in [1.82, 2.24) is 9.55 Å². The van der Waals surface area contributed by atoms with Gasteiger partial charge >= 0.3 is 0 Å². The minimum Gasteiger partial charge on any atom is -0.390 e. The number of aromatic nitrogens is 2. The zero-order valence-corrected chi connectivity index (χ0v) is 13.0. The first kappa shape index (κ1) is 14.0. The Hall–Kier alpha value is -1.91. The maximum absolute atomic E-state index is 9.65. The number of aliphatic hydroxyl groups is 1. The van der Waals surface area contributed by atoms with Gasteiger partial charge in [0.25, 0.3) is 0 Å². The van der Waals surface area contributed by atoms with E-state index in [4.69, 9.17) is 0 Å². The van der Waals surface area contributed by atoms with E-state index in [-0.39, 0.29) is 6.61 Å².